The summed E-state index contributed by atoms with van der Waals surface area (Å²) in [5.41, 5.74) is 11.6. The Hall–Kier alpha value is -2.33. The topological polar surface area (TPSA) is 145 Å². The maximum atomic E-state index is 12.0. The third kappa shape index (κ3) is 5.28. The van der Waals surface area contributed by atoms with E-state index in [9.17, 15) is 18.0 Å². The number of hydrogen-bond acceptors (Lipinski definition) is 6. The maximum absolute atomic E-state index is 12.0. The highest BCUT2D eigenvalue weighted by Crippen LogP contribution is 2.11. The fourth-order valence-corrected chi connectivity index (χ4v) is 2.55. The number of anilines is 1. The third-order valence-corrected chi connectivity index (χ3v) is 3.74. The fraction of sp³-hybridized carbons (Fsp3) is 0.273. The first-order chi connectivity index (χ1) is 9.74. The Morgan fingerprint density at radius 2 is 2.05 bits per heavy atom. The normalized spacial score (nSPS) is 11.1. The number of carbonyl (C=O) groups excluding carboxylic acids is 2. The zero-order chi connectivity index (χ0) is 16.0. The molecule has 10 heteroatoms. The summed E-state index contributed by atoms with van der Waals surface area (Å²) in [4.78, 5) is 22.1. The van der Waals surface area contributed by atoms with Crippen molar-refractivity contribution in [2.45, 2.75) is 6.54 Å². The molecule has 0 aliphatic carbocycles. The van der Waals surface area contributed by atoms with Gasteiger partial charge in [0.1, 0.15) is 0 Å². The number of amides is 2. The number of ether oxygens (including phenoxy) is 1. The molecule has 9 nitrogen and oxygen atoms in total. The van der Waals surface area contributed by atoms with Crippen LogP contribution in [0.2, 0.25) is 0 Å². The predicted octanol–water partition coefficient (Wildman–Crippen LogP) is -0.843. The van der Waals surface area contributed by atoms with Gasteiger partial charge in [-0.1, -0.05) is 12.1 Å². The predicted molar refractivity (Wildman–Crippen MR) is 74.9 cm³/mol. The molecule has 21 heavy (non-hydrogen) atoms. The van der Waals surface area contributed by atoms with Crippen LogP contribution in [0.5, 0.6) is 0 Å². The standard InChI is InChI=1S/C11H16N4O5S/c1-20-11(17)14-21(18,19)15(7-10(13)16)6-8-3-2-4-9(12)5-8/h2-5H,6-7,12H2,1H3,(H2,13,16)(H,14,17). The second-order valence-electron chi connectivity index (χ2n) is 4.08. The van der Waals surface area contributed by atoms with Crippen molar-refractivity contribution < 1.29 is 22.7 Å². The summed E-state index contributed by atoms with van der Waals surface area (Å²) < 4.78 is 30.6. The van der Waals surface area contributed by atoms with Crippen LogP contribution in [0.4, 0.5) is 10.5 Å². The van der Waals surface area contributed by atoms with Crippen LogP contribution in [-0.2, 0) is 26.3 Å². The number of nitrogen functional groups attached to an aromatic ring is 1. The molecule has 0 unspecified atom stereocenters. The molecule has 1 aromatic carbocycles. The Labute approximate surface area is 122 Å². The van der Waals surface area contributed by atoms with E-state index < -0.39 is 28.8 Å². The van der Waals surface area contributed by atoms with Crippen LogP contribution in [0.25, 0.3) is 0 Å². The average molecular weight is 316 g/mol. The van der Waals surface area contributed by atoms with Crippen LogP contribution in [-0.4, -0.2) is 38.4 Å². The summed E-state index contributed by atoms with van der Waals surface area (Å²) in [5.74, 6) is -0.867. The van der Waals surface area contributed by atoms with Gasteiger partial charge in [-0.15, -0.1) is 0 Å². The number of primary amides is 1. The molecule has 0 heterocycles. The molecule has 0 atom stereocenters. The average Bonchev–Trinajstić information content (AvgIpc) is 2.37. The van der Waals surface area contributed by atoms with E-state index >= 15 is 0 Å². The van der Waals surface area contributed by atoms with Crippen molar-refractivity contribution in [1.29, 1.82) is 0 Å². The molecule has 0 radical (unpaired) electrons. The van der Waals surface area contributed by atoms with Gasteiger partial charge in [-0.25, -0.2) is 9.52 Å². The van der Waals surface area contributed by atoms with E-state index in [1.165, 1.54) is 0 Å². The number of nitrogens with two attached hydrogens (primary N) is 2. The summed E-state index contributed by atoms with van der Waals surface area (Å²) in [7, 11) is -3.26. The van der Waals surface area contributed by atoms with Crippen molar-refractivity contribution in [3.63, 3.8) is 0 Å². The van der Waals surface area contributed by atoms with Gasteiger partial charge in [0.2, 0.25) is 5.91 Å². The molecule has 0 aliphatic heterocycles. The van der Waals surface area contributed by atoms with Gasteiger partial charge in [-0.3, -0.25) is 4.79 Å². The largest absolute Gasteiger partial charge is 0.452 e. The van der Waals surface area contributed by atoms with E-state index in [-0.39, 0.29) is 6.54 Å². The Morgan fingerprint density at radius 1 is 1.38 bits per heavy atom. The first kappa shape index (κ1) is 16.7. The van der Waals surface area contributed by atoms with E-state index in [0.717, 1.165) is 7.11 Å². The molecule has 0 saturated heterocycles. The minimum atomic E-state index is -4.27. The molecule has 0 spiro atoms. The minimum absolute atomic E-state index is 0.180. The van der Waals surface area contributed by atoms with Crippen LogP contribution in [0.1, 0.15) is 5.56 Å². The smallest absolute Gasteiger partial charge is 0.421 e. The third-order valence-electron chi connectivity index (χ3n) is 2.38. The zero-order valence-corrected chi connectivity index (χ0v) is 12.1. The van der Waals surface area contributed by atoms with Gasteiger partial charge in [0.05, 0.1) is 13.7 Å². The molecule has 0 saturated carbocycles. The Kier molecular flexibility index (Phi) is 5.50. The zero-order valence-electron chi connectivity index (χ0n) is 11.3. The number of rotatable bonds is 6. The number of nitrogens with one attached hydrogen (secondary N) is 1. The van der Waals surface area contributed by atoms with Crippen molar-refractivity contribution in [2.75, 3.05) is 19.4 Å². The van der Waals surface area contributed by atoms with Gasteiger partial charge in [-0.2, -0.15) is 12.7 Å². The van der Waals surface area contributed by atoms with Crippen LogP contribution >= 0.6 is 0 Å². The van der Waals surface area contributed by atoms with Crippen LogP contribution < -0.4 is 16.2 Å². The van der Waals surface area contributed by atoms with Gasteiger partial charge in [0.15, 0.2) is 0 Å². The summed E-state index contributed by atoms with van der Waals surface area (Å²) in [6, 6.07) is 6.43. The summed E-state index contributed by atoms with van der Waals surface area (Å²) >= 11 is 0. The van der Waals surface area contributed by atoms with Crippen LogP contribution in [0.3, 0.4) is 0 Å². The van der Waals surface area contributed by atoms with Crippen molar-refractivity contribution in [3.8, 4) is 0 Å². The van der Waals surface area contributed by atoms with E-state index in [1.807, 2.05) is 0 Å². The number of methoxy groups -OCH3 is 1. The van der Waals surface area contributed by atoms with E-state index in [2.05, 4.69) is 4.74 Å². The Bertz CT molecular complexity index is 631. The molecule has 5 N–H and O–H groups in total. The fourth-order valence-electron chi connectivity index (χ4n) is 1.51. The van der Waals surface area contributed by atoms with E-state index in [4.69, 9.17) is 11.5 Å². The monoisotopic (exact) mass is 316 g/mol. The Morgan fingerprint density at radius 3 is 2.57 bits per heavy atom. The quantitative estimate of drug-likeness (QED) is 0.583. The molecule has 2 amide bonds. The van der Waals surface area contributed by atoms with Crippen molar-refractivity contribution in [1.82, 2.24) is 9.03 Å². The van der Waals surface area contributed by atoms with Crippen molar-refractivity contribution in [3.05, 3.63) is 29.8 Å². The minimum Gasteiger partial charge on any atom is -0.452 e. The second kappa shape index (κ2) is 6.90. The van der Waals surface area contributed by atoms with E-state index in [0.29, 0.717) is 15.6 Å². The molecule has 1 rings (SSSR count). The molecule has 1 aromatic rings. The summed E-state index contributed by atoms with van der Waals surface area (Å²) in [5, 5.41) is 0. The molecular formula is C11H16N4O5S. The highest BCUT2D eigenvalue weighted by molar-refractivity contribution is 7.87. The first-order valence-electron chi connectivity index (χ1n) is 5.73. The molecule has 0 aromatic heterocycles. The highest BCUT2D eigenvalue weighted by Gasteiger charge is 2.26. The first-order valence-corrected chi connectivity index (χ1v) is 7.17. The van der Waals surface area contributed by atoms with Crippen LogP contribution in [0, 0.1) is 0 Å². The number of nitrogens with zero attached hydrogens (tertiary/aromatic N) is 1. The number of carbonyl (C=O) groups is 2. The molecular weight excluding hydrogens is 300 g/mol. The van der Waals surface area contributed by atoms with Gasteiger partial charge < -0.3 is 16.2 Å². The van der Waals surface area contributed by atoms with Crippen molar-refractivity contribution >= 4 is 27.9 Å². The number of benzene rings is 1. The maximum Gasteiger partial charge on any atom is 0.421 e. The van der Waals surface area contributed by atoms with Gasteiger partial charge in [0, 0.05) is 12.2 Å². The summed E-state index contributed by atoms with van der Waals surface area (Å²) in [6.45, 7) is -0.776. The lowest BCUT2D eigenvalue weighted by atomic mass is 10.2. The van der Waals surface area contributed by atoms with Crippen LogP contribution in [0.15, 0.2) is 24.3 Å². The van der Waals surface area contributed by atoms with Gasteiger partial charge in [-0.05, 0) is 17.7 Å². The highest BCUT2D eigenvalue weighted by atomic mass is 32.2. The second-order valence-corrected chi connectivity index (χ2v) is 5.75. The van der Waals surface area contributed by atoms with Gasteiger partial charge in [0.25, 0.3) is 0 Å². The Balaban J connectivity index is 3.00. The number of hydrogen-bond donors (Lipinski definition) is 3. The van der Waals surface area contributed by atoms with Crippen molar-refractivity contribution in [2.24, 2.45) is 5.73 Å². The lowest BCUT2D eigenvalue weighted by Crippen LogP contribution is -2.46. The SMILES string of the molecule is COC(=O)NS(=O)(=O)N(CC(N)=O)Cc1cccc(N)c1. The lowest BCUT2D eigenvalue weighted by Gasteiger charge is -2.20. The van der Waals surface area contributed by atoms with E-state index in [1.54, 1.807) is 29.0 Å². The molecule has 0 bridgehead atoms. The lowest BCUT2D eigenvalue weighted by molar-refractivity contribution is -0.118. The molecule has 0 fully saturated rings. The van der Waals surface area contributed by atoms with Gasteiger partial charge >= 0.3 is 16.3 Å². The summed E-state index contributed by atoms with van der Waals surface area (Å²) in [6.07, 6.45) is -1.17. The molecule has 0 aliphatic rings. The molecule has 116 valence electrons.